The molecule has 2 aromatic rings. The summed E-state index contributed by atoms with van der Waals surface area (Å²) in [4.78, 5) is 11.1. The molecule has 1 N–H and O–H groups in total. The minimum Gasteiger partial charge on any atom is -0.493 e. The summed E-state index contributed by atoms with van der Waals surface area (Å²) < 4.78 is 38.7. The van der Waals surface area contributed by atoms with Gasteiger partial charge >= 0.3 is 5.97 Å². The van der Waals surface area contributed by atoms with E-state index >= 15 is 0 Å². The van der Waals surface area contributed by atoms with Gasteiger partial charge in [-0.15, -0.1) is 0 Å². The Hall–Kier alpha value is -2.89. The molecule has 0 amide bonds. The highest BCUT2D eigenvalue weighted by atomic mass is 19.3. The molecule has 0 fully saturated rings. The van der Waals surface area contributed by atoms with Crippen LogP contribution in [0.4, 0.5) is 8.78 Å². The number of methoxy groups -OCH3 is 2. The average molecular weight is 348 g/mol. The van der Waals surface area contributed by atoms with Gasteiger partial charge in [-0.2, -0.15) is 0 Å². The molecule has 4 nitrogen and oxygen atoms in total. The van der Waals surface area contributed by atoms with Gasteiger partial charge in [-0.3, -0.25) is 0 Å². The van der Waals surface area contributed by atoms with Crippen LogP contribution < -0.4 is 9.47 Å². The first-order valence-corrected chi connectivity index (χ1v) is 7.46. The molecule has 2 rings (SSSR count). The van der Waals surface area contributed by atoms with Crippen LogP contribution in [0.3, 0.4) is 0 Å². The molecule has 25 heavy (non-hydrogen) atoms. The number of carboxylic acids is 1. The van der Waals surface area contributed by atoms with Crippen LogP contribution >= 0.6 is 0 Å². The van der Waals surface area contributed by atoms with E-state index in [2.05, 4.69) is 0 Å². The lowest BCUT2D eigenvalue weighted by Gasteiger charge is -2.14. The molecule has 132 valence electrons. The van der Waals surface area contributed by atoms with Crippen LogP contribution in [-0.2, 0) is 6.42 Å². The largest absolute Gasteiger partial charge is 0.493 e. The van der Waals surface area contributed by atoms with Gasteiger partial charge in [0.1, 0.15) is 0 Å². The van der Waals surface area contributed by atoms with Gasteiger partial charge in [-0.25, -0.2) is 13.6 Å². The summed E-state index contributed by atoms with van der Waals surface area (Å²) >= 11 is 0. The summed E-state index contributed by atoms with van der Waals surface area (Å²) in [5.41, 5.74) is 0.475. The fourth-order valence-electron chi connectivity index (χ4n) is 2.37. The predicted molar refractivity (Wildman–Crippen MR) is 90.6 cm³/mol. The van der Waals surface area contributed by atoms with Crippen molar-refractivity contribution in [2.75, 3.05) is 14.2 Å². The minimum atomic E-state index is -3.20. The molecule has 2 aromatic carbocycles. The molecule has 0 heterocycles. The van der Waals surface area contributed by atoms with Crippen LogP contribution in [0.15, 0.2) is 48.5 Å². The lowest BCUT2D eigenvalue weighted by molar-refractivity contribution is 0.0557. The first-order chi connectivity index (χ1) is 11.9. The van der Waals surface area contributed by atoms with E-state index in [1.165, 1.54) is 44.6 Å². The Bertz CT molecular complexity index is 785. The van der Waals surface area contributed by atoms with Crippen molar-refractivity contribution in [3.63, 3.8) is 0 Å². The Morgan fingerprint density at radius 2 is 1.80 bits per heavy atom. The normalized spacial score (nSPS) is 11.5. The second kappa shape index (κ2) is 7.79. The maximum Gasteiger partial charge on any atom is 0.335 e. The summed E-state index contributed by atoms with van der Waals surface area (Å²) in [7, 11) is 2.95. The maximum atomic E-state index is 14.2. The number of carbonyl (C=O) groups is 1. The molecule has 0 spiro atoms. The highest BCUT2D eigenvalue weighted by molar-refractivity contribution is 5.89. The molecule has 0 radical (unpaired) electrons. The van der Waals surface area contributed by atoms with Crippen LogP contribution in [-0.4, -0.2) is 31.2 Å². The fraction of sp³-hybridized carbons (Fsp3) is 0.211. The van der Waals surface area contributed by atoms with Crippen molar-refractivity contribution in [3.8, 4) is 11.5 Å². The van der Waals surface area contributed by atoms with E-state index in [0.29, 0.717) is 17.1 Å². The highest BCUT2D eigenvalue weighted by Gasteiger charge is 2.27. The Balaban J connectivity index is 2.21. The number of hydrogen-bond donors (Lipinski definition) is 1. The zero-order valence-electron chi connectivity index (χ0n) is 13.8. The number of allylic oxidation sites excluding steroid dienone is 1. The van der Waals surface area contributed by atoms with Gasteiger partial charge in [0, 0.05) is 6.42 Å². The molecule has 6 heteroatoms. The highest BCUT2D eigenvalue weighted by Crippen LogP contribution is 2.29. The maximum absolute atomic E-state index is 14.2. The third-order valence-electron chi connectivity index (χ3n) is 3.60. The van der Waals surface area contributed by atoms with Crippen molar-refractivity contribution in [2.24, 2.45) is 0 Å². The van der Waals surface area contributed by atoms with Crippen molar-refractivity contribution in [3.05, 3.63) is 65.2 Å². The SMILES string of the molecule is COc1ccc(/C=C/C(F)(F)Cc2ccccc2C(=O)O)cc1OC. The third kappa shape index (κ3) is 4.79. The van der Waals surface area contributed by atoms with Gasteiger partial charge in [0.25, 0.3) is 5.92 Å². The summed E-state index contributed by atoms with van der Waals surface area (Å²) in [5.74, 6) is -3.49. The molecule has 0 aliphatic rings. The number of aromatic carboxylic acids is 1. The molecular formula is C19H18F2O4. The van der Waals surface area contributed by atoms with E-state index in [1.807, 2.05) is 0 Å². The fourth-order valence-corrected chi connectivity index (χ4v) is 2.37. The zero-order chi connectivity index (χ0) is 18.4. The first-order valence-electron chi connectivity index (χ1n) is 7.46. The molecule has 0 aliphatic carbocycles. The number of ether oxygens (including phenoxy) is 2. The molecular weight excluding hydrogens is 330 g/mol. The van der Waals surface area contributed by atoms with Crippen LogP contribution in [0.2, 0.25) is 0 Å². The van der Waals surface area contributed by atoms with Gasteiger partial charge in [0.05, 0.1) is 19.8 Å². The Labute approximate surface area is 144 Å². The second-order valence-electron chi connectivity index (χ2n) is 5.35. The first kappa shape index (κ1) is 18.4. The van der Waals surface area contributed by atoms with Crippen molar-refractivity contribution in [1.29, 1.82) is 0 Å². The Morgan fingerprint density at radius 1 is 1.12 bits per heavy atom. The Morgan fingerprint density at radius 3 is 2.44 bits per heavy atom. The van der Waals surface area contributed by atoms with Crippen molar-refractivity contribution in [2.45, 2.75) is 12.3 Å². The smallest absolute Gasteiger partial charge is 0.335 e. The molecule has 0 aliphatic heterocycles. The van der Waals surface area contributed by atoms with Crippen LogP contribution in [0.5, 0.6) is 11.5 Å². The quantitative estimate of drug-likeness (QED) is 0.811. The van der Waals surface area contributed by atoms with Crippen LogP contribution in [0.25, 0.3) is 6.08 Å². The predicted octanol–water partition coefficient (Wildman–Crippen LogP) is 4.29. The van der Waals surface area contributed by atoms with Crippen LogP contribution in [0.1, 0.15) is 21.5 Å². The monoisotopic (exact) mass is 348 g/mol. The topological polar surface area (TPSA) is 55.8 Å². The van der Waals surface area contributed by atoms with Gasteiger partial charge in [-0.05, 0) is 35.4 Å². The summed E-state index contributed by atoms with van der Waals surface area (Å²) in [6.07, 6.45) is 1.33. The van der Waals surface area contributed by atoms with Crippen LogP contribution in [0, 0.1) is 0 Å². The summed E-state index contributed by atoms with van der Waals surface area (Å²) in [6.45, 7) is 0. The number of rotatable bonds is 7. The number of carboxylic acid groups (broad SMARTS) is 1. The van der Waals surface area contributed by atoms with E-state index in [-0.39, 0.29) is 11.1 Å². The summed E-state index contributed by atoms with van der Waals surface area (Å²) in [6, 6.07) is 10.6. The number of halogens is 2. The molecule has 0 aromatic heterocycles. The molecule has 0 bridgehead atoms. The van der Waals surface area contributed by atoms with E-state index in [9.17, 15) is 13.6 Å². The van der Waals surface area contributed by atoms with Gasteiger partial charge in [0.15, 0.2) is 11.5 Å². The second-order valence-corrected chi connectivity index (χ2v) is 5.35. The molecule has 0 unspecified atom stereocenters. The van der Waals surface area contributed by atoms with Crippen molar-refractivity contribution >= 4 is 12.0 Å². The van der Waals surface area contributed by atoms with E-state index in [4.69, 9.17) is 14.6 Å². The van der Waals surface area contributed by atoms with Crippen molar-refractivity contribution < 1.29 is 28.2 Å². The number of hydrogen-bond acceptors (Lipinski definition) is 3. The third-order valence-corrected chi connectivity index (χ3v) is 3.60. The average Bonchev–Trinajstić information content (AvgIpc) is 2.59. The van der Waals surface area contributed by atoms with Gasteiger partial charge in [-0.1, -0.05) is 30.3 Å². The molecule has 0 saturated heterocycles. The molecule has 0 saturated carbocycles. The minimum absolute atomic E-state index is 0.0805. The summed E-state index contributed by atoms with van der Waals surface area (Å²) in [5, 5.41) is 9.09. The standard InChI is InChI=1S/C19H18F2O4/c1-24-16-8-7-13(11-17(16)25-2)9-10-19(20,21)12-14-5-3-4-6-15(14)18(22)23/h3-11H,12H2,1-2H3,(H,22,23)/b10-9+. The van der Waals surface area contributed by atoms with E-state index in [0.717, 1.165) is 6.08 Å². The lowest BCUT2D eigenvalue weighted by atomic mass is 10.0. The van der Waals surface area contributed by atoms with Gasteiger partial charge < -0.3 is 14.6 Å². The number of benzene rings is 2. The van der Waals surface area contributed by atoms with Crippen molar-refractivity contribution in [1.82, 2.24) is 0 Å². The lowest BCUT2D eigenvalue weighted by Crippen LogP contribution is -2.18. The van der Waals surface area contributed by atoms with E-state index < -0.39 is 18.3 Å². The van der Waals surface area contributed by atoms with E-state index in [1.54, 1.807) is 18.2 Å². The molecule has 0 atom stereocenters. The Kier molecular flexibility index (Phi) is 5.75. The zero-order valence-corrected chi connectivity index (χ0v) is 13.8. The van der Waals surface area contributed by atoms with Gasteiger partial charge in [0.2, 0.25) is 0 Å². The number of alkyl halides is 2.